The molecule has 0 heterocycles. The fourth-order valence-electron chi connectivity index (χ4n) is 2.40. The van der Waals surface area contributed by atoms with Crippen LogP contribution in [0.1, 0.15) is 32.3 Å². The highest BCUT2D eigenvalue weighted by Crippen LogP contribution is 2.38. The number of hydrogen-bond acceptors (Lipinski definition) is 3. The average Bonchev–Trinajstić information content (AvgIpc) is 2.40. The SMILES string of the molecule is C=CCCCS(=O)(=O)C(C#N)(c1ccccc1)C(C)C. The van der Waals surface area contributed by atoms with Crippen molar-refractivity contribution in [3.63, 3.8) is 0 Å². The van der Waals surface area contributed by atoms with Crippen LogP contribution in [0.2, 0.25) is 0 Å². The number of nitriles is 1. The Morgan fingerprint density at radius 1 is 1.35 bits per heavy atom. The Labute approximate surface area is 121 Å². The summed E-state index contributed by atoms with van der Waals surface area (Å²) in [4.78, 5) is 0. The molecule has 0 aliphatic heterocycles. The molecule has 4 heteroatoms. The topological polar surface area (TPSA) is 57.9 Å². The summed E-state index contributed by atoms with van der Waals surface area (Å²) in [6.45, 7) is 7.15. The molecule has 108 valence electrons. The van der Waals surface area contributed by atoms with Crippen molar-refractivity contribution in [1.82, 2.24) is 0 Å². The normalized spacial score (nSPS) is 14.5. The maximum Gasteiger partial charge on any atom is 0.185 e. The van der Waals surface area contributed by atoms with Crippen LogP contribution in [0, 0.1) is 17.2 Å². The van der Waals surface area contributed by atoms with Gasteiger partial charge in [-0.05, 0) is 24.3 Å². The van der Waals surface area contributed by atoms with Gasteiger partial charge in [0.25, 0.3) is 0 Å². The zero-order chi connectivity index (χ0) is 15.2. The van der Waals surface area contributed by atoms with E-state index in [0.717, 1.165) is 0 Å². The lowest BCUT2D eigenvalue weighted by Gasteiger charge is -2.30. The third kappa shape index (κ3) is 2.94. The molecule has 1 aromatic rings. The van der Waals surface area contributed by atoms with Gasteiger partial charge in [-0.2, -0.15) is 5.26 Å². The molecule has 0 aromatic heterocycles. The van der Waals surface area contributed by atoms with Gasteiger partial charge in [-0.3, -0.25) is 0 Å². The summed E-state index contributed by atoms with van der Waals surface area (Å²) in [6.07, 6.45) is 2.82. The molecular weight excluding hydrogens is 270 g/mol. The van der Waals surface area contributed by atoms with Crippen molar-refractivity contribution in [2.75, 3.05) is 5.75 Å². The molecule has 20 heavy (non-hydrogen) atoms. The van der Waals surface area contributed by atoms with Gasteiger partial charge in [-0.15, -0.1) is 6.58 Å². The Morgan fingerprint density at radius 2 is 1.95 bits per heavy atom. The first-order valence-corrected chi connectivity index (χ1v) is 8.37. The highest BCUT2D eigenvalue weighted by Gasteiger charge is 2.48. The highest BCUT2D eigenvalue weighted by molar-refractivity contribution is 7.92. The molecule has 1 unspecified atom stereocenters. The number of benzene rings is 1. The fourth-order valence-corrected chi connectivity index (χ4v) is 4.62. The molecule has 0 bridgehead atoms. The summed E-state index contributed by atoms with van der Waals surface area (Å²) in [6, 6.07) is 10.9. The Bertz CT molecular complexity index is 585. The lowest BCUT2D eigenvalue weighted by Crippen LogP contribution is -2.41. The van der Waals surface area contributed by atoms with Crippen molar-refractivity contribution in [3.8, 4) is 6.07 Å². The molecule has 0 spiro atoms. The number of unbranched alkanes of at least 4 members (excludes halogenated alkanes) is 1. The molecule has 0 aliphatic rings. The summed E-state index contributed by atoms with van der Waals surface area (Å²) in [7, 11) is -3.57. The molecule has 0 radical (unpaired) electrons. The predicted molar refractivity (Wildman–Crippen MR) is 81.8 cm³/mol. The van der Waals surface area contributed by atoms with Crippen molar-refractivity contribution in [2.24, 2.45) is 5.92 Å². The van der Waals surface area contributed by atoms with E-state index in [2.05, 4.69) is 12.6 Å². The van der Waals surface area contributed by atoms with Gasteiger partial charge in [-0.1, -0.05) is 50.3 Å². The van der Waals surface area contributed by atoms with Crippen molar-refractivity contribution in [1.29, 1.82) is 5.26 Å². The Kier molecular flexibility index (Phi) is 5.52. The van der Waals surface area contributed by atoms with Gasteiger partial charge >= 0.3 is 0 Å². The van der Waals surface area contributed by atoms with E-state index in [9.17, 15) is 13.7 Å². The van der Waals surface area contributed by atoms with Crippen LogP contribution in [0.4, 0.5) is 0 Å². The molecule has 0 saturated carbocycles. The summed E-state index contributed by atoms with van der Waals surface area (Å²) in [5, 5.41) is 9.64. The fraction of sp³-hybridized carbons (Fsp3) is 0.438. The van der Waals surface area contributed by atoms with E-state index in [0.29, 0.717) is 18.4 Å². The van der Waals surface area contributed by atoms with E-state index in [1.807, 2.05) is 6.07 Å². The molecule has 0 saturated heterocycles. The zero-order valence-corrected chi connectivity index (χ0v) is 12.9. The zero-order valence-electron chi connectivity index (χ0n) is 12.0. The molecular formula is C16H21NO2S. The highest BCUT2D eigenvalue weighted by atomic mass is 32.2. The van der Waals surface area contributed by atoms with Crippen LogP contribution in [0.15, 0.2) is 43.0 Å². The summed E-state index contributed by atoms with van der Waals surface area (Å²) in [5.41, 5.74) is 0.552. The van der Waals surface area contributed by atoms with E-state index >= 15 is 0 Å². The molecule has 0 aliphatic carbocycles. The largest absolute Gasteiger partial charge is 0.227 e. The summed E-state index contributed by atoms with van der Waals surface area (Å²) >= 11 is 0. The summed E-state index contributed by atoms with van der Waals surface area (Å²) < 4.78 is 24.0. The molecule has 1 aromatic carbocycles. The molecule has 1 rings (SSSR count). The second-order valence-corrected chi connectivity index (χ2v) is 7.40. The van der Waals surface area contributed by atoms with Gasteiger partial charge in [0.1, 0.15) is 0 Å². The second-order valence-electron chi connectivity index (χ2n) is 5.12. The summed E-state index contributed by atoms with van der Waals surface area (Å²) in [5.74, 6) is -0.316. The van der Waals surface area contributed by atoms with Crippen molar-refractivity contribution in [2.45, 2.75) is 31.4 Å². The third-order valence-corrected chi connectivity index (χ3v) is 6.10. The van der Waals surface area contributed by atoms with E-state index in [4.69, 9.17) is 0 Å². The van der Waals surface area contributed by atoms with Crippen LogP contribution < -0.4 is 0 Å². The van der Waals surface area contributed by atoms with Crippen LogP contribution in [-0.2, 0) is 14.6 Å². The van der Waals surface area contributed by atoms with Gasteiger partial charge in [0.05, 0.1) is 11.8 Å². The maximum absolute atomic E-state index is 12.7. The van der Waals surface area contributed by atoms with E-state index < -0.39 is 14.6 Å². The van der Waals surface area contributed by atoms with E-state index in [1.165, 1.54) is 0 Å². The van der Waals surface area contributed by atoms with Crippen LogP contribution in [0.3, 0.4) is 0 Å². The van der Waals surface area contributed by atoms with Gasteiger partial charge < -0.3 is 0 Å². The number of rotatable bonds is 7. The molecule has 1 atom stereocenters. The Hall–Kier alpha value is -1.60. The van der Waals surface area contributed by atoms with E-state index in [-0.39, 0.29) is 11.7 Å². The lowest BCUT2D eigenvalue weighted by molar-refractivity contribution is 0.481. The Morgan fingerprint density at radius 3 is 2.40 bits per heavy atom. The molecule has 0 amide bonds. The van der Waals surface area contributed by atoms with Crippen LogP contribution in [0.5, 0.6) is 0 Å². The number of allylic oxidation sites excluding steroid dienone is 1. The van der Waals surface area contributed by atoms with Crippen LogP contribution >= 0.6 is 0 Å². The standard InChI is InChI=1S/C16H21NO2S/c1-4-5-9-12-20(18,19)16(13-17,14(2)3)15-10-7-6-8-11-15/h4,6-8,10-11,14H,1,5,9,12H2,2-3H3. The number of hydrogen-bond donors (Lipinski definition) is 0. The molecule has 0 fully saturated rings. The third-order valence-electron chi connectivity index (χ3n) is 3.49. The van der Waals surface area contributed by atoms with Gasteiger partial charge in [0.15, 0.2) is 14.6 Å². The van der Waals surface area contributed by atoms with E-state index in [1.54, 1.807) is 44.2 Å². The van der Waals surface area contributed by atoms with Crippen molar-refractivity contribution >= 4 is 9.84 Å². The quantitative estimate of drug-likeness (QED) is 0.571. The maximum atomic E-state index is 12.7. The van der Waals surface area contributed by atoms with Crippen LogP contribution in [0.25, 0.3) is 0 Å². The van der Waals surface area contributed by atoms with Crippen molar-refractivity contribution < 1.29 is 8.42 Å². The minimum atomic E-state index is -3.57. The first-order valence-electron chi connectivity index (χ1n) is 6.72. The first-order chi connectivity index (χ1) is 9.42. The number of nitrogens with zero attached hydrogens (tertiary/aromatic N) is 1. The van der Waals surface area contributed by atoms with Gasteiger partial charge in [0.2, 0.25) is 0 Å². The lowest BCUT2D eigenvalue weighted by atomic mass is 9.89. The Balaban J connectivity index is 3.33. The van der Waals surface area contributed by atoms with Crippen LogP contribution in [-0.4, -0.2) is 14.2 Å². The molecule has 0 N–H and O–H groups in total. The first kappa shape index (κ1) is 16.5. The minimum absolute atomic E-state index is 0.000343. The van der Waals surface area contributed by atoms with Gasteiger partial charge in [0, 0.05) is 0 Å². The second kappa shape index (κ2) is 6.71. The monoisotopic (exact) mass is 291 g/mol. The average molecular weight is 291 g/mol. The minimum Gasteiger partial charge on any atom is -0.227 e. The van der Waals surface area contributed by atoms with Crippen molar-refractivity contribution in [3.05, 3.63) is 48.6 Å². The predicted octanol–water partition coefficient (Wildman–Crippen LogP) is 3.44. The number of sulfone groups is 1. The van der Waals surface area contributed by atoms with Gasteiger partial charge in [-0.25, -0.2) is 8.42 Å². The molecule has 3 nitrogen and oxygen atoms in total. The smallest absolute Gasteiger partial charge is 0.185 e.